The molecule has 0 spiro atoms. The average Bonchev–Trinajstić information content (AvgIpc) is 3.54. The molecule has 3 amide bonds. The van der Waals surface area contributed by atoms with Crippen LogP contribution in [0.5, 0.6) is 0 Å². The van der Waals surface area contributed by atoms with Gasteiger partial charge in [0, 0.05) is 45.5 Å². The largest absolute Gasteiger partial charge is 0.353 e. The Labute approximate surface area is 175 Å². The summed E-state index contributed by atoms with van der Waals surface area (Å²) in [6, 6.07) is 2.07. The molecule has 9 nitrogen and oxygen atoms in total. The molecule has 1 saturated carbocycles. The highest BCUT2D eigenvalue weighted by molar-refractivity contribution is 5.94. The minimum atomic E-state index is -0.187. The van der Waals surface area contributed by atoms with Crippen molar-refractivity contribution in [2.45, 2.75) is 25.7 Å². The Kier molecular flexibility index (Phi) is 4.72. The molecule has 156 valence electrons. The number of nitrogens with zero attached hydrogens (tertiary/aromatic N) is 6. The van der Waals surface area contributed by atoms with E-state index in [1.807, 2.05) is 6.20 Å². The zero-order valence-electron chi connectivity index (χ0n) is 17.0. The molecule has 2 aliphatic heterocycles. The van der Waals surface area contributed by atoms with Gasteiger partial charge in [-0.15, -0.1) is 0 Å². The summed E-state index contributed by atoms with van der Waals surface area (Å²) in [5.41, 5.74) is 2.85. The molecule has 3 aliphatic rings. The van der Waals surface area contributed by atoms with Crippen LogP contribution in [0.15, 0.2) is 24.7 Å². The van der Waals surface area contributed by atoms with Crippen LogP contribution in [-0.4, -0.2) is 71.1 Å². The van der Waals surface area contributed by atoms with E-state index in [2.05, 4.69) is 33.2 Å². The number of anilines is 2. The zero-order chi connectivity index (χ0) is 20.7. The number of piperazine rings is 1. The fourth-order valence-corrected chi connectivity index (χ4v) is 4.10. The number of pyridine rings is 1. The van der Waals surface area contributed by atoms with Crippen LogP contribution in [0.4, 0.5) is 16.4 Å². The summed E-state index contributed by atoms with van der Waals surface area (Å²) >= 11 is 0. The average molecular weight is 407 g/mol. The normalized spacial score (nSPS) is 19.2. The van der Waals surface area contributed by atoms with Crippen molar-refractivity contribution in [2.24, 2.45) is 0 Å². The van der Waals surface area contributed by atoms with Crippen LogP contribution in [0.1, 0.15) is 40.4 Å². The maximum atomic E-state index is 12.8. The number of urea groups is 1. The van der Waals surface area contributed by atoms with Crippen molar-refractivity contribution in [1.29, 1.82) is 0 Å². The SMILES string of the molecule is Cc1cc(C2CC2)cnc1N1CCN(C(=O)c2cnc(N3CCNC3=O)cn2)CC1. The summed E-state index contributed by atoms with van der Waals surface area (Å²) in [5.74, 6) is 2.04. The highest BCUT2D eigenvalue weighted by Gasteiger charge is 2.28. The number of hydrogen-bond acceptors (Lipinski definition) is 6. The quantitative estimate of drug-likeness (QED) is 0.826. The Morgan fingerprint density at radius 2 is 1.83 bits per heavy atom. The third-order valence-electron chi connectivity index (χ3n) is 5.98. The lowest BCUT2D eigenvalue weighted by molar-refractivity contribution is 0.0740. The zero-order valence-corrected chi connectivity index (χ0v) is 17.0. The van der Waals surface area contributed by atoms with E-state index in [0.717, 1.165) is 18.9 Å². The minimum Gasteiger partial charge on any atom is -0.353 e. The summed E-state index contributed by atoms with van der Waals surface area (Å²) in [6.45, 7) is 5.96. The summed E-state index contributed by atoms with van der Waals surface area (Å²) in [7, 11) is 0. The van der Waals surface area contributed by atoms with E-state index >= 15 is 0 Å². The topological polar surface area (TPSA) is 94.6 Å². The second-order valence-corrected chi connectivity index (χ2v) is 8.11. The van der Waals surface area contributed by atoms with Gasteiger partial charge < -0.3 is 15.1 Å². The third kappa shape index (κ3) is 3.55. The predicted molar refractivity (Wildman–Crippen MR) is 112 cm³/mol. The highest BCUT2D eigenvalue weighted by atomic mass is 16.2. The van der Waals surface area contributed by atoms with Gasteiger partial charge in [-0.1, -0.05) is 6.07 Å². The smallest absolute Gasteiger partial charge is 0.323 e. The predicted octanol–water partition coefficient (Wildman–Crippen LogP) is 1.55. The van der Waals surface area contributed by atoms with Crippen molar-refractivity contribution >= 4 is 23.6 Å². The maximum absolute atomic E-state index is 12.8. The van der Waals surface area contributed by atoms with Crippen molar-refractivity contribution in [3.63, 3.8) is 0 Å². The van der Waals surface area contributed by atoms with E-state index in [-0.39, 0.29) is 11.9 Å². The first kappa shape index (κ1) is 18.8. The van der Waals surface area contributed by atoms with Gasteiger partial charge in [-0.3, -0.25) is 9.69 Å². The van der Waals surface area contributed by atoms with Gasteiger partial charge >= 0.3 is 6.03 Å². The monoisotopic (exact) mass is 407 g/mol. The maximum Gasteiger partial charge on any atom is 0.323 e. The number of amides is 3. The van der Waals surface area contributed by atoms with Crippen LogP contribution < -0.4 is 15.1 Å². The van der Waals surface area contributed by atoms with Crippen LogP contribution in [0.3, 0.4) is 0 Å². The molecule has 1 N–H and O–H groups in total. The molecule has 2 aromatic heterocycles. The van der Waals surface area contributed by atoms with Crippen LogP contribution >= 0.6 is 0 Å². The van der Waals surface area contributed by atoms with Crippen molar-refractivity contribution in [2.75, 3.05) is 49.1 Å². The van der Waals surface area contributed by atoms with Gasteiger partial charge in [0.1, 0.15) is 11.5 Å². The Hall–Kier alpha value is -3.23. The first-order valence-electron chi connectivity index (χ1n) is 10.5. The molecule has 9 heteroatoms. The Morgan fingerprint density at radius 3 is 2.43 bits per heavy atom. The summed E-state index contributed by atoms with van der Waals surface area (Å²) in [4.78, 5) is 43.4. The Morgan fingerprint density at radius 1 is 1.03 bits per heavy atom. The van der Waals surface area contributed by atoms with Crippen molar-refractivity contribution in [3.8, 4) is 0 Å². The fourth-order valence-electron chi connectivity index (χ4n) is 4.10. The van der Waals surface area contributed by atoms with Crippen LogP contribution in [0, 0.1) is 6.92 Å². The number of rotatable bonds is 4. The standard InChI is InChI=1S/C21H25N7O2/c1-14-10-16(15-2-3-15)11-25-19(14)26-6-8-27(9-7-26)20(29)17-12-24-18(13-23-17)28-5-4-22-21(28)30/h10-13,15H,2-9H2,1H3,(H,22,30). The molecule has 2 aromatic rings. The van der Waals surface area contributed by atoms with Crippen LogP contribution in [0.2, 0.25) is 0 Å². The number of carbonyl (C=O) groups excluding carboxylic acids is 2. The van der Waals surface area contributed by atoms with E-state index in [9.17, 15) is 9.59 Å². The van der Waals surface area contributed by atoms with Gasteiger partial charge in [0.25, 0.3) is 5.91 Å². The number of aromatic nitrogens is 3. The lowest BCUT2D eigenvalue weighted by Crippen LogP contribution is -2.49. The molecular formula is C21H25N7O2. The molecule has 0 unspecified atom stereocenters. The van der Waals surface area contributed by atoms with Crippen LogP contribution in [-0.2, 0) is 0 Å². The lowest BCUT2D eigenvalue weighted by Gasteiger charge is -2.36. The first-order valence-corrected chi connectivity index (χ1v) is 10.5. The van der Waals surface area contributed by atoms with Gasteiger partial charge in [0.15, 0.2) is 5.82 Å². The number of nitrogens with one attached hydrogen (secondary N) is 1. The third-order valence-corrected chi connectivity index (χ3v) is 5.98. The van der Waals surface area contributed by atoms with Gasteiger partial charge in [-0.2, -0.15) is 0 Å². The van der Waals surface area contributed by atoms with Crippen LogP contribution in [0.25, 0.3) is 0 Å². The molecule has 0 bridgehead atoms. The van der Waals surface area contributed by atoms with Gasteiger partial charge in [0.2, 0.25) is 0 Å². The van der Waals surface area contributed by atoms with E-state index in [4.69, 9.17) is 4.98 Å². The molecule has 0 aromatic carbocycles. The molecule has 30 heavy (non-hydrogen) atoms. The van der Waals surface area contributed by atoms with Crippen molar-refractivity contribution < 1.29 is 9.59 Å². The van der Waals surface area contributed by atoms with Gasteiger partial charge in [-0.05, 0) is 36.8 Å². The lowest BCUT2D eigenvalue weighted by atomic mass is 10.1. The van der Waals surface area contributed by atoms with Gasteiger partial charge in [-0.25, -0.2) is 19.7 Å². The molecule has 4 heterocycles. The van der Waals surface area contributed by atoms with E-state index in [0.29, 0.717) is 43.6 Å². The summed E-state index contributed by atoms with van der Waals surface area (Å²) in [5, 5.41) is 2.72. The first-order chi connectivity index (χ1) is 14.6. The van der Waals surface area contributed by atoms with Crippen molar-refractivity contribution in [1.82, 2.24) is 25.2 Å². The van der Waals surface area contributed by atoms with Gasteiger partial charge in [0.05, 0.1) is 12.4 Å². The molecule has 0 radical (unpaired) electrons. The van der Waals surface area contributed by atoms with E-state index in [1.165, 1.54) is 41.3 Å². The van der Waals surface area contributed by atoms with E-state index < -0.39 is 0 Å². The molecule has 5 rings (SSSR count). The minimum absolute atomic E-state index is 0.131. The molecule has 1 aliphatic carbocycles. The fraction of sp³-hybridized carbons (Fsp3) is 0.476. The Bertz CT molecular complexity index is 966. The molecule has 3 fully saturated rings. The number of aryl methyl sites for hydroxylation is 1. The summed E-state index contributed by atoms with van der Waals surface area (Å²) < 4.78 is 0. The molecule has 2 saturated heterocycles. The second kappa shape index (κ2) is 7.55. The molecular weight excluding hydrogens is 382 g/mol. The number of carbonyl (C=O) groups is 2. The van der Waals surface area contributed by atoms with Crippen molar-refractivity contribution in [3.05, 3.63) is 41.5 Å². The Balaban J connectivity index is 1.21. The number of hydrogen-bond donors (Lipinski definition) is 1. The van der Waals surface area contributed by atoms with E-state index in [1.54, 1.807) is 4.90 Å². The summed E-state index contributed by atoms with van der Waals surface area (Å²) in [6.07, 6.45) is 7.50. The molecule has 0 atom stereocenters. The second-order valence-electron chi connectivity index (χ2n) is 8.11. The highest BCUT2D eigenvalue weighted by Crippen LogP contribution is 2.40.